The number of hydrogen-bond acceptors (Lipinski definition) is 5. The molecule has 0 aliphatic heterocycles. The standard InChI is InChI=1S/C18H16ClN5O2S2/c19-14-4-1-3-13(11-14)12-22-18(27)23-15-5-7-16(8-6-15)28(25,26)24-17-20-9-2-10-21-17/h1-11H,12H2,(H,20,21,24)(H2,22,23,27). The molecule has 144 valence electrons. The summed E-state index contributed by atoms with van der Waals surface area (Å²) in [7, 11) is -3.77. The number of halogens is 1. The molecular weight excluding hydrogens is 418 g/mol. The molecule has 0 spiro atoms. The highest BCUT2D eigenvalue weighted by Crippen LogP contribution is 2.16. The van der Waals surface area contributed by atoms with Gasteiger partial charge in [0.1, 0.15) is 0 Å². The highest BCUT2D eigenvalue weighted by Gasteiger charge is 2.15. The first-order chi connectivity index (χ1) is 13.4. The number of nitrogens with one attached hydrogen (secondary N) is 3. The smallest absolute Gasteiger partial charge is 0.264 e. The Balaban J connectivity index is 1.58. The second kappa shape index (κ2) is 8.96. The number of sulfonamides is 1. The number of hydrogen-bond donors (Lipinski definition) is 3. The number of nitrogens with zero attached hydrogens (tertiary/aromatic N) is 2. The van der Waals surface area contributed by atoms with Crippen LogP contribution in [0.2, 0.25) is 5.02 Å². The summed E-state index contributed by atoms with van der Waals surface area (Å²) in [6.45, 7) is 0.514. The van der Waals surface area contributed by atoms with Gasteiger partial charge in [-0.05, 0) is 60.2 Å². The van der Waals surface area contributed by atoms with Crippen LogP contribution in [0.1, 0.15) is 5.56 Å². The van der Waals surface area contributed by atoms with Crippen molar-refractivity contribution in [2.75, 3.05) is 10.0 Å². The summed E-state index contributed by atoms with van der Waals surface area (Å²) in [5.74, 6) is 0.0103. The van der Waals surface area contributed by atoms with Gasteiger partial charge in [-0.2, -0.15) is 0 Å². The molecule has 1 aromatic heterocycles. The lowest BCUT2D eigenvalue weighted by atomic mass is 10.2. The van der Waals surface area contributed by atoms with E-state index in [-0.39, 0.29) is 10.8 Å². The van der Waals surface area contributed by atoms with E-state index < -0.39 is 10.0 Å². The molecule has 0 radical (unpaired) electrons. The van der Waals surface area contributed by atoms with Gasteiger partial charge in [0.15, 0.2) is 5.11 Å². The third-order valence-corrected chi connectivity index (χ3v) is 5.38. The summed E-state index contributed by atoms with van der Waals surface area (Å²) in [6.07, 6.45) is 2.91. The van der Waals surface area contributed by atoms with Crippen LogP contribution >= 0.6 is 23.8 Å². The molecule has 3 N–H and O–H groups in total. The van der Waals surface area contributed by atoms with E-state index in [1.54, 1.807) is 24.3 Å². The third-order valence-electron chi connectivity index (χ3n) is 3.56. The summed E-state index contributed by atoms with van der Waals surface area (Å²) in [5.41, 5.74) is 1.64. The minimum absolute atomic E-state index is 0.0103. The van der Waals surface area contributed by atoms with Gasteiger partial charge >= 0.3 is 0 Å². The molecule has 0 unspecified atom stereocenters. The molecule has 7 nitrogen and oxygen atoms in total. The van der Waals surface area contributed by atoms with E-state index in [0.29, 0.717) is 22.4 Å². The van der Waals surface area contributed by atoms with Gasteiger partial charge < -0.3 is 10.6 Å². The molecule has 1 heterocycles. The average Bonchev–Trinajstić information content (AvgIpc) is 2.67. The lowest BCUT2D eigenvalue weighted by Crippen LogP contribution is -2.27. The first-order valence-electron chi connectivity index (χ1n) is 8.11. The number of thiocarbonyl (C=S) groups is 1. The van der Waals surface area contributed by atoms with Crippen LogP contribution in [0.4, 0.5) is 11.6 Å². The van der Waals surface area contributed by atoms with Crippen molar-refractivity contribution in [1.82, 2.24) is 15.3 Å². The van der Waals surface area contributed by atoms with Gasteiger partial charge in [-0.1, -0.05) is 23.7 Å². The fourth-order valence-corrected chi connectivity index (χ4v) is 3.61. The SMILES string of the molecule is O=S(=O)(Nc1ncccn1)c1ccc(NC(=S)NCc2cccc(Cl)c2)cc1. The van der Waals surface area contributed by atoms with E-state index in [9.17, 15) is 8.42 Å². The minimum atomic E-state index is -3.77. The van der Waals surface area contributed by atoms with Crippen molar-refractivity contribution >= 4 is 50.6 Å². The van der Waals surface area contributed by atoms with Crippen LogP contribution in [-0.4, -0.2) is 23.5 Å². The average molecular weight is 434 g/mol. The van der Waals surface area contributed by atoms with E-state index in [1.165, 1.54) is 24.5 Å². The normalized spacial score (nSPS) is 10.9. The fourth-order valence-electron chi connectivity index (χ4n) is 2.25. The minimum Gasteiger partial charge on any atom is -0.358 e. The molecule has 0 bridgehead atoms. The molecule has 0 fully saturated rings. The maximum atomic E-state index is 12.4. The van der Waals surface area contributed by atoms with Gasteiger partial charge in [-0.15, -0.1) is 0 Å². The second-order valence-corrected chi connectivity index (χ2v) is 8.17. The zero-order valence-corrected chi connectivity index (χ0v) is 16.9. The Bertz CT molecular complexity index is 1060. The van der Waals surface area contributed by atoms with Crippen LogP contribution in [0, 0.1) is 0 Å². The van der Waals surface area contributed by atoms with E-state index in [1.807, 2.05) is 18.2 Å². The Labute approximate surface area is 173 Å². The van der Waals surface area contributed by atoms with Crippen molar-refractivity contribution in [2.24, 2.45) is 0 Å². The highest BCUT2D eigenvalue weighted by atomic mass is 35.5. The zero-order chi connectivity index (χ0) is 20.0. The van der Waals surface area contributed by atoms with Gasteiger partial charge in [0.25, 0.3) is 10.0 Å². The second-order valence-electron chi connectivity index (χ2n) is 5.64. The predicted octanol–water partition coefficient (Wildman–Crippen LogP) is 3.42. The molecule has 0 saturated heterocycles. The first-order valence-corrected chi connectivity index (χ1v) is 10.4. The van der Waals surface area contributed by atoms with E-state index in [2.05, 4.69) is 25.3 Å². The molecule has 3 rings (SSSR count). The first kappa shape index (κ1) is 20.0. The summed E-state index contributed by atoms with van der Waals surface area (Å²) < 4.78 is 27.0. The number of rotatable bonds is 6. The molecule has 0 saturated carbocycles. The van der Waals surface area contributed by atoms with Crippen LogP contribution in [0.15, 0.2) is 71.9 Å². The molecule has 0 aliphatic rings. The van der Waals surface area contributed by atoms with Crippen LogP contribution in [0.3, 0.4) is 0 Å². The zero-order valence-electron chi connectivity index (χ0n) is 14.5. The molecule has 10 heteroatoms. The van der Waals surface area contributed by atoms with Gasteiger partial charge in [0, 0.05) is 29.6 Å². The Morgan fingerprint density at radius 3 is 2.43 bits per heavy atom. The summed E-state index contributed by atoms with van der Waals surface area (Å²) >= 11 is 11.2. The molecule has 3 aromatic rings. The molecular formula is C18H16ClN5O2S2. The summed E-state index contributed by atoms with van der Waals surface area (Å²) in [5, 5.41) is 7.13. The monoisotopic (exact) mass is 433 g/mol. The van der Waals surface area contributed by atoms with Crippen molar-refractivity contribution in [3.8, 4) is 0 Å². The van der Waals surface area contributed by atoms with E-state index in [0.717, 1.165) is 5.56 Å². The Kier molecular flexibility index (Phi) is 6.40. The van der Waals surface area contributed by atoms with Crippen LogP contribution in [0.5, 0.6) is 0 Å². The van der Waals surface area contributed by atoms with Gasteiger partial charge in [0.2, 0.25) is 5.95 Å². The van der Waals surface area contributed by atoms with Crippen LogP contribution in [0.25, 0.3) is 0 Å². The quantitative estimate of drug-likeness (QED) is 0.512. The predicted molar refractivity (Wildman–Crippen MR) is 114 cm³/mol. The number of benzene rings is 2. The van der Waals surface area contributed by atoms with Crippen molar-refractivity contribution in [1.29, 1.82) is 0 Å². The topological polar surface area (TPSA) is 96.0 Å². The maximum Gasteiger partial charge on any atom is 0.264 e. The van der Waals surface area contributed by atoms with Crippen LogP contribution in [-0.2, 0) is 16.6 Å². The molecule has 28 heavy (non-hydrogen) atoms. The Morgan fingerprint density at radius 2 is 1.75 bits per heavy atom. The van der Waals surface area contributed by atoms with Gasteiger partial charge in [0.05, 0.1) is 4.90 Å². The molecule has 2 aromatic carbocycles. The largest absolute Gasteiger partial charge is 0.358 e. The molecule has 0 atom stereocenters. The lowest BCUT2D eigenvalue weighted by Gasteiger charge is -2.12. The van der Waals surface area contributed by atoms with Gasteiger partial charge in [-0.3, -0.25) is 0 Å². The number of anilines is 2. The van der Waals surface area contributed by atoms with Crippen molar-refractivity contribution in [2.45, 2.75) is 11.4 Å². The Hall–Kier alpha value is -2.75. The van der Waals surface area contributed by atoms with Gasteiger partial charge in [-0.25, -0.2) is 23.1 Å². The van der Waals surface area contributed by atoms with Crippen LogP contribution < -0.4 is 15.4 Å². The van der Waals surface area contributed by atoms with E-state index >= 15 is 0 Å². The third kappa shape index (κ3) is 5.62. The van der Waals surface area contributed by atoms with Crippen molar-refractivity contribution < 1.29 is 8.42 Å². The highest BCUT2D eigenvalue weighted by molar-refractivity contribution is 7.92. The molecule has 0 aliphatic carbocycles. The summed E-state index contributed by atoms with van der Waals surface area (Å²) in [6, 6.07) is 15.2. The fraction of sp³-hybridized carbons (Fsp3) is 0.0556. The molecule has 0 amide bonds. The number of aromatic nitrogens is 2. The summed E-state index contributed by atoms with van der Waals surface area (Å²) in [4.78, 5) is 7.79. The lowest BCUT2D eigenvalue weighted by molar-refractivity contribution is 0.601. The van der Waals surface area contributed by atoms with Crippen molar-refractivity contribution in [3.63, 3.8) is 0 Å². The maximum absolute atomic E-state index is 12.4. The Morgan fingerprint density at radius 1 is 1.04 bits per heavy atom. The van der Waals surface area contributed by atoms with E-state index in [4.69, 9.17) is 23.8 Å². The van der Waals surface area contributed by atoms with Crippen molar-refractivity contribution in [3.05, 3.63) is 77.6 Å².